The van der Waals surface area contributed by atoms with Gasteiger partial charge in [-0.25, -0.2) is 0 Å². The second-order valence-electron chi connectivity index (χ2n) is 5.69. The molecule has 0 fully saturated rings. The maximum atomic E-state index is 5.76. The molecular formula is C18H31N3O. The lowest BCUT2D eigenvalue weighted by molar-refractivity contribution is 0.0258. The van der Waals surface area contributed by atoms with Crippen LogP contribution < -0.4 is 10.6 Å². The van der Waals surface area contributed by atoms with Gasteiger partial charge in [-0.1, -0.05) is 44.2 Å². The van der Waals surface area contributed by atoms with Crippen molar-refractivity contribution in [1.82, 2.24) is 10.6 Å². The van der Waals surface area contributed by atoms with Crippen molar-refractivity contribution in [2.24, 2.45) is 10.9 Å². The smallest absolute Gasteiger partial charge is 0.190 e. The van der Waals surface area contributed by atoms with Crippen molar-refractivity contribution < 1.29 is 4.74 Å². The third-order valence-electron chi connectivity index (χ3n) is 3.62. The van der Waals surface area contributed by atoms with Gasteiger partial charge in [-0.2, -0.15) is 0 Å². The van der Waals surface area contributed by atoms with Crippen molar-refractivity contribution in [3.8, 4) is 0 Å². The number of hydrogen-bond acceptors (Lipinski definition) is 2. The summed E-state index contributed by atoms with van der Waals surface area (Å²) in [4.78, 5) is 4.26. The van der Waals surface area contributed by atoms with Crippen LogP contribution in [0.15, 0.2) is 35.3 Å². The molecule has 0 amide bonds. The molecule has 0 saturated carbocycles. The highest BCUT2D eigenvalue weighted by Gasteiger charge is 2.12. The highest BCUT2D eigenvalue weighted by Crippen LogP contribution is 2.09. The lowest BCUT2D eigenvalue weighted by Crippen LogP contribution is -2.40. The maximum absolute atomic E-state index is 5.76. The van der Waals surface area contributed by atoms with Crippen molar-refractivity contribution in [1.29, 1.82) is 0 Å². The molecule has 0 spiro atoms. The van der Waals surface area contributed by atoms with E-state index >= 15 is 0 Å². The van der Waals surface area contributed by atoms with Crippen LogP contribution >= 0.6 is 0 Å². The molecule has 124 valence electrons. The molecule has 0 heterocycles. The lowest BCUT2D eigenvalue weighted by atomic mass is 10.0. The number of guanidine groups is 1. The highest BCUT2D eigenvalue weighted by atomic mass is 16.5. The summed E-state index contributed by atoms with van der Waals surface area (Å²) in [6, 6.07) is 10.5. The predicted octanol–water partition coefficient (Wildman–Crippen LogP) is 2.85. The molecule has 0 saturated heterocycles. The molecular weight excluding hydrogens is 274 g/mol. The van der Waals surface area contributed by atoms with Crippen molar-refractivity contribution in [2.75, 3.05) is 26.7 Å². The van der Waals surface area contributed by atoms with Gasteiger partial charge in [0.05, 0.1) is 6.10 Å². The molecule has 0 aliphatic heterocycles. The zero-order valence-corrected chi connectivity index (χ0v) is 14.4. The average Bonchev–Trinajstić information content (AvgIpc) is 2.53. The van der Waals surface area contributed by atoms with E-state index in [1.54, 1.807) is 7.05 Å². The normalized spacial score (nSPS) is 13.2. The van der Waals surface area contributed by atoms with Gasteiger partial charge in [0.25, 0.3) is 0 Å². The molecule has 0 aliphatic carbocycles. The number of rotatable bonds is 9. The quantitative estimate of drug-likeness (QED) is 0.545. The molecule has 0 bridgehead atoms. The minimum Gasteiger partial charge on any atom is -0.378 e. The van der Waals surface area contributed by atoms with E-state index in [-0.39, 0.29) is 0 Å². The molecule has 0 aromatic heterocycles. The van der Waals surface area contributed by atoms with E-state index in [0.717, 1.165) is 38.5 Å². The van der Waals surface area contributed by atoms with Gasteiger partial charge in [-0.05, 0) is 31.2 Å². The second kappa shape index (κ2) is 11.1. The number of ether oxygens (including phenoxy) is 1. The summed E-state index contributed by atoms with van der Waals surface area (Å²) in [5.74, 6) is 1.39. The van der Waals surface area contributed by atoms with Crippen LogP contribution in [-0.2, 0) is 11.2 Å². The van der Waals surface area contributed by atoms with Crippen LogP contribution in [0.25, 0.3) is 0 Å². The number of aliphatic imine (C=N–C) groups is 1. The van der Waals surface area contributed by atoms with E-state index in [9.17, 15) is 0 Å². The van der Waals surface area contributed by atoms with E-state index < -0.39 is 0 Å². The average molecular weight is 305 g/mol. The summed E-state index contributed by atoms with van der Waals surface area (Å²) in [5, 5.41) is 6.71. The zero-order chi connectivity index (χ0) is 16.2. The molecule has 1 aromatic rings. The first-order valence-electron chi connectivity index (χ1n) is 8.27. The van der Waals surface area contributed by atoms with Gasteiger partial charge in [0.15, 0.2) is 5.96 Å². The number of nitrogens with zero attached hydrogens (tertiary/aromatic N) is 1. The first-order chi connectivity index (χ1) is 10.7. The Labute approximate surface area is 135 Å². The van der Waals surface area contributed by atoms with E-state index in [2.05, 4.69) is 53.7 Å². The van der Waals surface area contributed by atoms with Crippen molar-refractivity contribution >= 4 is 5.96 Å². The fourth-order valence-corrected chi connectivity index (χ4v) is 2.35. The van der Waals surface area contributed by atoms with E-state index in [1.165, 1.54) is 5.56 Å². The van der Waals surface area contributed by atoms with Crippen molar-refractivity contribution in [2.45, 2.75) is 39.7 Å². The first-order valence-corrected chi connectivity index (χ1v) is 8.27. The minimum absolute atomic E-state index is 0.305. The summed E-state index contributed by atoms with van der Waals surface area (Å²) < 4.78 is 5.76. The van der Waals surface area contributed by atoms with Crippen molar-refractivity contribution in [3.05, 3.63) is 35.9 Å². The van der Waals surface area contributed by atoms with Gasteiger partial charge in [0.2, 0.25) is 0 Å². The van der Waals surface area contributed by atoms with Crippen LogP contribution in [0, 0.1) is 5.92 Å². The molecule has 1 unspecified atom stereocenters. The standard InChI is InChI=1S/C18H31N3O/c1-5-22-17(15(2)3)12-14-21-18(19-4)20-13-11-16-9-7-6-8-10-16/h6-10,15,17H,5,11-14H2,1-4H3,(H2,19,20,21). The topological polar surface area (TPSA) is 45.6 Å². The van der Waals surface area contributed by atoms with Gasteiger partial charge < -0.3 is 15.4 Å². The van der Waals surface area contributed by atoms with Crippen LogP contribution in [0.5, 0.6) is 0 Å². The summed E-state index contributed by atoms with van der Waals surface area (Å²) in [6.07, 6.45) is 2.29. The van der Waals surface area contributed by atoms with Gasteiger partial charge in [-0.3, -0.25) is 4.99 Å². The first kappa shape index (κ1) is 18.5. The van der Waals surface area contributed by atoms with Gasteiger partial charge in [-0.15, -0.1) is 0 Å². The van der Waals surface area contributed by atoms with Crippen LogP contribution in [0.1, 0.15) is 32.8 Å². The molecule has 4 heteroatoms. The minimum atomic E-state index is 0.305. The van der Waals surface area contributed by atoms with Crippen LogP contribution in [0.4, 0.5) is 0 Å². The van der Waals surface area contributed by atoms with Crippen LogP contribution in [0.2, 0.25) is 0 Å². The molecule has 4 nitrogen and oxygen atoms in total. The highest BCUT2D eigenvalue weighted by molar-refractivity contribution is 5.79. The number of hydrogen-bond donors (Lipinski definition) is 2. The van der Waals surface area contributed by atoms with E-state index in [0.29, 0.717) is 12.0 Å². The third-order valence-corrected chi connectivity index (χ3v) is 3.62. The Morgan fingerprint density at radius 1 is 1.14 bits per heavy atom. The Bertz CT molecular complexity index is 418. The molecule has 1 atom stereocenters. The Morgan fingerprint density at radius 2 is 1.82 bits per heavy atom. The predicted molar refractivity (Wildman–Crippen MR) is 94.4 cm³/mol. The Kier molecular flexibility index (Phi) is 9.31. The molecule has 1 rings (SSSR count). The zero-order valence-electron chi connectivity index (χ0n) is 14.4. The Morgan fingerprint density at radius 3 is 2.41 bits per heavy atom. The fourth-order valence-electron chi connectivity index (χ4n) is 2.35. The fraction of sp³-hybridized carbons (Fsp3) is 0.611. The summed E-state index contributed by atoms with van der Waals surface area (Å²) in [5.41, 5.74) is 1.33. The number of benzene rings is 1. The second-order valence-corrected chi connectivity index (χ2v) is 5.69. The lowest BCUT2D eigenvalue weighted by Gasteiger charge is -2.21. The molecule has 0 aliphatic rings. The van der Waals surface area contributed by atoms with Crippen LogP contribution in [0.3, 0.4) is 0 Å². The van der Waals surface area contributed by atoms with Crippen LogP contribution in [-0.4, -0.2) is 38.8 Å². The summed E-state index contributed by atoms with van der Waals surface area (Å²) >= 11 is 0. The monoisotopic (exact) mass is 305 g/mol. The number of nitrogens with one attached hydrogen (secondary N) is 2. The Hall–Kier alpha value is -1.55. The Balaban J connectivity index is 2.25. The van der Waals surface area contributed by atoms with Crippen molar-refractivity contribution in [3.63, 3.8) is 0 Å². The summed E-state index contributed by atoms with van der Waals surface area (Å²) in [7, 11) is 1.81. The molecule has 2 N–H and O–H groups in total. The van der Waals surface area contributed by atoms with Gasteiger partial charge >= 0.3 is 0 Å². The molecule has 0 radical (unpaired) electrons. The molecule has 22 heavy (non-hydrogen) atoms. The SMILES string of the molecule is CCOC(CCNC(=NC)NCCc1ccccc1)C(C)C. The van der Waals surface area contributed by atoms with Gasteiger partial charge in [0.1, 0.15) is 0 Å². The van der Waals surface area contributed by atoms with Gasteiger partial charge in [0, 0.05) is 26.7 Å². The largest absolute Gasteiger partial charge is 0.378 e. The van der Waals surface area contributed by atoms with E-state index in [1.807, 2.05) is 13.0 Å². The third kappa shape index (κ3) is 7.46. The summed E-state index contributed by atoms with van der Waals surface area (Å²) in [6.45, 7) is 8.97. The molecule has 1 aromatic carbocycles. The maximum Gasteiger partial charge on any atom is 0.190 e. The van der Waals surface area contributed by atoms with E-state index in [4.69, 9.17) is 4.74 Å².